The van der Waals surface area contributed by atoms with Gasteiger partial charge in [0.05, 0.1) is 0 Å². The van der Waals surface area contributed by atoms with Gasteiger partial charge in [-0.2, -0.15) is 0 Å². The number of nitrogens with zero attached hydrogens (tertiary/aromatic N) is 2. The minimum atomic E-state index is -1.42. The number of rotatable bonds is 0. The Labute approximate surface area is 39.3 Å². The second-order valence-electron chi connectivity index (χ2n) is 1.13. The predicted octanol–water partition coefficient (Wildman–Crippen LogP) is 0.772. The van der Waals surface area contributed by atoms with Gasteiger partial charge in [0.25, 0.3) is 6.30 Å². The Kier molecular flexibility index (Phi) is 0.780. The molecular formula is C3H3FN2O. The molecule has 1 atom stereocenters. The third-order valence-corrected chi connectivity index (χ3v) is 0.597. The van der Waals surface area contributed by atoms with E-state index in [0.29, 0.717) is 0 Å². The van der Waals surface area contributed by atoms with Crippen molar-refractivity contribution in [2.24, 2.45) is 5.11 Å². The van der Waals surface area contributed by atoms with Gasteiger partial charge in [0.2, 0.25) is 6.20 Å². The second-order valence-corrected chi connectivity index (χ2v) is 1.13. The third-order valence-electron chi connectivity index (χ3n) is 0.597. The van der Waals surface area contributed by atoms with Crippen molar-refractivity contribution in [3.05, 3.63) is 17.5 Å². The van der Waals surface area contributed by atoms with E-state index in [9.17, 15) is 9.60 Å². The summed E-state index contributed by atoms with van der Waals surface area (Å²) >= 11 is 0. The Hall–Kier alpha value is -0.930. The molecule has 0 aliphatic carbocycles. The average Bonchev–Trinajstić information content (AvgIpc) is 1.87. The summed E-state index contributed by atoms with van der Waals surface area (Å²) in [6.07, 6.45) is 0.690. The molecule has 0 radical (unpaired) electrons. The molecule has 38 valence electrons. The molecule has 0 saturated heterocycles. The van der Waals surface area contributed by atoms with Gasteiger partial charge in [0.15, 0.2) is 0 Å². The number of hydroxylamine groups is 1. The first-order chi connectivity index (χ1) is 3.29. The van der Waals surface area contributed by atoms with Crippen LogP contribution in [-0.4, -0.2) is 11.2 Å². The largest absolute Gasteiger partial charge is 0.595 e. The molecule has 0 aromatic carbocycles. The molecule has 1 unspecified atom stereocenters. The number of halogens is 1. The SMILES string of the molecule is [O-][N+]1=NC(F)C=C1. The number of alkyl halides is 1. The van der Waals surface area contributed by atoms with E-state index in [-0.39, 0.29) is 4.86 Å². The van der Waals surface area contributed by atoms with Gasteiger partial charge in [-0.25, -0.2) is 4.39 Å². The lowest BCUT2D eigenvalue weighted by Gasteiger charge is -1.81. The number of hydrogen-bond acceptors (Lipinski definition) is 2. The van der Waals surface area contributed by atoms with Gasteiger partial charge < -0.3 is 5.21 Å². The number of azo groups is 1. The van der Waals surface area contributed by atoms with E-state index >= 15 is 0 Å². The van der Waals surface area contributed by atoms with Crippen LogP contribution in [0.1, 0.15) is 0 Å². The van der Waals surface area contributed by atoms with Crippen molar-refractivity contribution in [1.29, 1.82) is 0 Å². The van der Waals surface area contributed by atoms with Crippen LogP contribution < -0.4 is 0 Å². The van der Waals surface area contributed by atoms with Crippen LogP contribution in [0.4, 0.5) is 4.39 Å². The molecule has 0 fully saturated rings. The first-order valence-corrected chi connectivity index (χ1v) is 1.78. The average molecular weight is 102 g/mol. The third kappa shape index (κ3) is 0.734. The first kappa shape index (κ1) is 4.23. The highest BCUT2D eigenvalue weighted by Gasteiger charge is 2.09. The van der Waals surface area contributed by atoms with E-state index in [4.69, 9.17) is 0 Å². The quantitative estimate of drug-likeness (QED) is 0.253. The summed E-state index contributed by atoms with van der Waals surface area (Å²) in [5.41, 5.74) is 0. The van der Waals surface area contributed by atoms with E-state index in [2.05, 4.69) is 5.11 Å². The van der Waals surface area contributed by atoms with Crippen LogP contribution >= 0.6 is 0 Å². The van der Waals surface area contributed by atoms with Crippen LogP contribution in [0, 0.1) is 5.21 Å². The minimum absolute atomic E-state index is 0.199. The summed E-state index contributed by atoms with van der Waals surface area (Å²) in [7, 11) is 0. The van der Waals surface area contributed by atoms with Gasteiger partial charge in [0, 0.05) is 11.2 Å². The van der Waals surface area contributed by atoms with Crippen molar-refractivity contribution in [2.45, 2.75) is 6.30 Å². The van der Waals surface area contributed by atoms with Gasteiger partial charge in [-0.1, -0.05) is 4.86 Å². The number of hydrogen-bond donors (Lipinski definition) is 0. The highest BCUT2D eigenvalue weighted by Crippen LogP contribution is 2.02. The van der Waals surface area contributed by atoms with Gasteiger partial charge >= 0.3 is 0 Å². The summed E-state index contributed by atoms with van der Waals surface area (Å²) in [5, 5.41) is 12.8. The summed E-state index contributed by atoms with van der Waals surface area (Å²) in [5.74, 6) is 0. The topological polar surface area (TPSA) is 38.4 Å². The molecule has 0 amide bonds. The maximum atomic E-state index is 11.7. The van der Waals surface area contributed by atoms with Crippen molar-refractivity contribution < 1.29 is 9.25 Å². The van der Waals surface area contributed by atoms with Gasteiger partial charge in [-0.15, -0.1) is 0 Å². The smallest absolute Gasteiger partial charge is 0.276 e. The zero-order valence-corrected chi connectivity index (χ0v) is 3.41. The van der Waals surface area contributed by atoms with Crippen LogP contribution in [0.2, 0.25) is 0 Å². The van der Waals surface area contributed by atoms with Crippen molar-refractivity contribution in [2.75, 3.05) is 0 Å². The zero-order chi connectivity index (χ0) is 5.28. The minimum Gasteiger partial charge on any atom is -0.595 e. The molecule has 1 rings (SSSR count). The molecule has 1 aliphatic heterocycles. The zero-order valence-electron chi connectivity index (χ0n) is 3.41. The van der Waals surface area contributed by atoms with E-state index in [0.717, 1.165) is 12.3 Å². The maximum absolute atomic E-state index is 11.7. The van der Waals surface area contributed by atoms with Gasteiger partial charge in [-0.05, 0) is 0 Å². The van der Waals surface area contributed by atoms with E-state index in [1.165, 1.54) is 0 Å². The molecule has 0 N–H and O–H groups in total. The Bertz CT molecular complexity index is 131. The lowest BCUT2D eigenvalue weighted by Crippen LogP contribution is -1.85. The normalized spacial score (nSPS) is 28.1. The summed E-state index contributed by atoms with van der Waals surface area (Å²) in [6.45, 7) is 0. The van der Waals surface area contributed by atoms with Crippen LogP contribution in [-0.2, 0) is 0 Å². The molecular weight excluding hydrogens is 99.0 g/mol. The van der Waals surface area contributed by atoms with Crippen LogP contribution in [0.25, 0.3) is 0 Å². The van der Waals surface area contributed by atoms with Crippen LogP contribution in [0.3, 0.4) is 0 Å². The highest BCUT2D eigenvalue weighted by atomic mass is 19.1. The Morgan fingerprint density at radius 3 is 2.71 bits per heavy atom. The molecule has 1 aliphatic rings. The summed E-state index contributed by atoms with van der Waals surface area (Å²) < 4.78 is 11.7. The van der Waals surface area contributed by atoms with Crippen molar-refractivity contribution >= 4 is 0 Å². The van der Waals surface area contributed by atoms with Gasteiger partial charge in [-0.3, -0.25) is 0 Å². The Morgan fingerprint density at radius 1 is 1.86 bits per heavy atom. The van der Waals surface area contributed by atoms with E-state index in [1.54, 1.807) is 0 Å². The second kappa shape index (κ2) is 1.29. The molecule has 0 aromatic rings. The van der Waals surface area contributed by atoms with Crippen LogP contribution in [0.5, 0.6) is 0 Å². The maximum Gasteiger partial charge on any atom is 0.276 e. The van der Waals surface area contributed by atoms with E-state index < -0.39 is 6.30 Å². The molecule has 0 spiro atoms. The molecule has 7 heavy (non-hydrogen) atoms. The standard InChI is InChI=1S/C3H3FN2O/c4-3-1-2-6(7)5-3/h1-3H. The lowest BCUT2D eigenvalue weighted by atomic mass is 10.6. The molecule has 0 saturated carbocycles. The van der Waals surface area contributed by atoms with Crippen molar-refractivity contribution in [3.63, 3.8) is 0 Å². The molecule has 4 heteroatoms. The highest BCUT2D eigenvalue weighted by molar-refractivity contribution is 4.82. The predicted molar refractivity (Wildman–Crippen MR) is 20.1 cm³/mol. The fourth-order valence-electron chi connectivity index (χ4n) is 0.330. The van der Waals surface area contributed by atoms with Crippen molar-refractivity contribution in [3.8, 4) is 0 Å². The lowest BCUT2D eigenvalue weighted by molar-refractivity contribution is -0.455. The fourth-order valence-corrected chi connectivity index (χ4v) is 0.330. The first-order valence-electron chi connectivity index (χ1n) is 1.78. The fraction of sp³-hybridized carbons (Fsp3) is 0.333. The Balaban J connectivity index is 2.69. The van der Waals surface area contributed by atoms with Gasteiger partial charge in [0.1, 0.15) is 0 Å². The molecule has 0 aromatic heterocycles. The molecule has 1 heterocycles. The monoisotopic (exact) mass is 102 g/mol. The summed E-state index contributed by atoms with van der Waals surface area (Å²) in [6, 6.07) is 0. The van der Waals surface area contributed by atoms with Crippen molar-refractivity contribution in [1.82, 2.24) is 0 Å². The molecule has 0 bridgehead atoms. The molecule has 3 nitrogen and oxygen atoms in total. The van der Waals surface area contributed by atoms with Crippen LogP contribution in [0.15, 0.2) is 17.4 Å². The summed E-state index contributed by atoms with van der Waals surface area (Å²) in [4.78, 5) is 0.199. The Morgan fingerprint density at radius 2 is 2.57 bits per heavy atom. The van der Waals surface area contributed by atoms with E-state index in [1.807, 2.05) is 0 Å².